The van der Waals surface area contributed by atoms with Gasteiger partial charge in [-0.1, -0.05) is 46.7 Å². The van der Waals surface area contributed by atoms with Crippen molar-refractivity contribution < 1.29 is 9.59 Å². The summed E-state index contributed by atoms with van der Waals surface area (Å²) in [6, 6.07) is 11.3. The van der Waals surface area contributed by atoms with E-state index in [0.29, 0.717) is 17.3 Å². The maximum Gasteiger partial charge on any atom is 0.263 e. The van der Waals surface area contributed by atoms with E-state index in [2.05, 4.69) is 16.4 Å². The van der Waals surface area contributed by atoms with E-state index in [1.165, 1.54) is 0 Å². The van der Waals surface area contributed by atoms with Gasteiger partial charge >= 0.3 is 0 Å². The fourth-order valence-electron chi connectivity index (χ4n) is 3.37. The molecule has 2 atom stereocenters. The molecule has 0 spiro atoms. The topological polar surface area (TPSA) is 65.3 Å². The van der Waals surface area contributed by atoms with E-state index in [1.54, 1.807) is 29.3 Å². The number of nitrogens with zero attached hydrogens (tertiary/aromatic N) is 4. The Morgan fingerprint density at radius 3 is 2.65 bits per heavy atom. The van der Waals surface area contributed by atoms with Gasteiger partial charge in [-0.25, -0.2) is 4.90 Å². The number of aryl methyl sites for hydroxylation is 2. The van der Waals surface area contributed by atoms with Crippen LogP contribution in [0.15, 0.2) is 52.8 Å². The number of hydrogen-bond donors (Lipinski definition) is 0. The first-order valence-electron chi connectivity index (χ1n) is 8.32. The average Bonchev–Trinajstić information content (AvgIpc) is 3.12. The molecule has 1 fully saturated rings. The van der Waals surface area contributed by atoms with E-state index in [1.807, 2.05) is 26.0 Å². The van der Waals surface area contributed by atoms with Gasteiger partial charge in [-0.2, -0.15) is 5.11 Å². The van der Waals surface area contributed by atoms with Gasteiger partial charge in [-0.15, -0.1) is 0 Å². The first-order valence-corrected chi connectivity index (χ1v) is 8.70. The summed E-state index contributed by atoms with van der Waals surface area (Å²) in [4.78, 5) is 26.8. The Hall–Kier alpha value is -2.73. The molecule has 26 heavy (non-hydrogen) atoms. The number of hydrogen-bond acceptors (Lipinski definition) is 5. The molecule has 1 saturated heterocycles. The Kier molecular flexibility index (Phi) is 4.00. The van der Waals surface area contributed by atoms with Crippen molar-refractivity contribution in [2.24, 2.45) is 10.3 Å². The summed E-state index contributed by atoms with van der Waals surface area (Å²) < 4.78 is 0. The molecule has 0 bridgehead atoms. The third-order valence-electron chi connectivity index (χ3n) is 4.76. The highest BCUT2D eigenvalue weighted by molar-refractivity contribution is 6.31. The fraction of sp³-hybridized carbons (Fsp3) is 0.263. The Morgan fingerprint density at radius 1 is 1.08 bits per heavy atom. The second-order valence-electron chi connectivity index (χ2n) is 6.61. The molecule has 4 rings (SSSR count). The Morgan fingerprint density at radius 2 is 1.88 bits per heavy atom. The zero-order valence-electron chi connectivity index (χ0n) is 14.4. The van der Waals surface area contributed by atoms with Crippen LogP contribution in [-0.4, -0.2) is 28.9 Å². The van der Waals surface area contributed by atoms with Gasteiger partial charge < -0.3 is 0 Å². The minimum atomic E-state index is -0.799. The SMILES string of the molecule is Cc1ccc(C)c(CN2N=NC3C(=O)N(c4cccc(Cl)c4)C(=O)C32)c1. The van der Waals surface area contributed by atoms with Crippen molar-refractivity contribution in [3.8, 4) is 0 Å². The first kappa shape index (κ1) is 16.7. The van der Waals surface area contributed by atoms with E-state index >= 15 is 0 Å². The molecule has 0 saturated carbocycles. The van der Waals surface area contributed by atoms with E-state index < -0.39 is 12.1 Å². The van der Waals surface area contributed by atoms with Crippen LogP contribution in [0, 0.1) is 13.8 Å². The Bertz CT molecular complexity index is 943. The Labute approximate surface area is 156 Å². The highest BCUT2D eigenvalue weighted by Crippen LogP contribution is 2.33. The van der Waals surface area contributed by atoms with E-state index in [-0.39, 0.29) is 11.8 Å². The van der Waals surface area contributed by atoms with E-state index in [9.17, 15) is 9.59 Å². The molecule has 0 radical (unpaired) electrons. The summed E-state index contributed by atoms with van der Waals surface area (Å²) >= 11 is 6.01. The number of imide groups is 1. The third kappa shape index (κ3) is 2.66. The molecule has 2 amide bonds. The number of carbonyl (C=O) groups is 2. The standard InChI is InChI=1S/C19H17ClN4O2/c1-11-6-7-12(2)13(8-11)10-23-17-16(21-22-23)18(25)24(19(17)26)15-5-3-4-14(20)9-15/h3-9,16-17H,10H2,1-2H3. The van der Waals surface area contributed by atoms with Crippen LogP contribution in [0.5, 0.6) is 0 Å². The Balaban J connectivity index is 1.63. The second kappa shape index (κ2) is 6.21. The van der Waals surface area contributed by atoms with E-state index in [0.717, 1.165) is 21.6 Å². The van der Waals surface area contributed by atoms with Crippen molar-refractivity contribution in [3.05, 3.63) is 64.2 Å². The van der Waals surface area contributed by atoms with Crippen LogP contribution in [0.3, 0.4) is 0 Å². The van der Waals surface area contributed by atoms with Crippen molar-refractivity contribution in [2.45, 2.75) is 32.5 Å². The fourth-order valence-corrected chi connectivity index (χ4v) is 3.55. The molecule has 2 aromatic rings. The van der Waals surface area contributed by atoms with Gasteiger partial charge in [0, 0.05) is 5.02 Å². The monoisotopic (exact) mass is 368 g/mol. The van der Waals surface area contributed by atoms with Crippen molar-refractivity contribution in [1.82, 2.24) is 5.01 Å². The largest absolute Gasteiger partial charge is 0.271 e. The van der Waals surface area contributed by atoms with Gasteiger partial charge in [0.05, 0.1) is 12.2 Å². The minimum Gasteiger partial charge on any atom is -0.271 e. The summed E-state index contributed by atoms with van der Waals surface area (Å²) in [6.45, 7) is 4.46. The number of amides is 2. The van der Waals surface area contributed by atoms with Crippen LogP contribution in [-0.2, 0) is 16.1 Å². The lowest BCUT2D eigenvalue weighted by molar-refractivity contribution is -0.123. The van der Waals surface area contributed by atoms with Crippen molar-refractivity contribution >= 4 is 29.1 Å². The molecule has 0 aliphatic carbocycles. The predicted molar refractivity (Wildman–Crippen MR) is 97.8 cm³/mol. The number of halogens is 1. The number of carbonyl (C=O) groups excluding carboxylic acids is 2. The summed E-state index contributed by atoms with van der Waals surface area (Å²) in [7, 11) is 0. The first-order chi connectivity index (χ1) is 12.5. The lowest BCUT2D eigenvalue weighted by Crippen LogP contribution is -2.39. The molecule has 6 nitrogen and oxygen atoms in total. The number of benzene rings is 2. The van der Waals surface area contributed by atoms with Gasteiger partial charge in [0.15, 0.2) is 12.1 Å². The minimum absolute atomic E-state index is 0.322. The quantitative estimate of drug-likeness (QED) is 0.779. The second-order valence-corrected chi connectivity index (χ2v) is 7.05. The maximum absolute atomic E-state index is 13.0. The van der Waals surface area contributed by atoms with Crippen LogP contribution >= 0.6 is 11.6 Å². The lowest BCUT2D eigenvalue weighted by atomic mass is 10.0. The molecule has 2 unspecified atom stereocenters. The number of fused-ring (bicyclic) bond motifs is 1. The molecule has 7 heteroatoms. The van der Waals surface area contributed by atoms with Crippen molar-refractivity contribution in [1.29, 1.82) is 0 Å². The van der Waals surface area contributed by atoms with Gasteiger partial charge in [-0.3, -0.25) is 14.6 Å². The highest BCUT2D eigenvalue weighted by atomic mass is 35.5. The molecule has 2 heterocycles. The summed E-state index contributed by atoms with van der Waals surface area (Å²) in [5, 5.41) is 10.2. The normalized spacial score (nSPS) is 21.7. The molecule has 2 aliphatic heterocycles. The molecular weight excluding hydrogens is 352 g/mol. The van der Waals surface area contributed by atoms with Crippen molar-refractivity contribution in [3.63, 3.8) is 0 Å². The maximum atomic E-state index is 13.0. The summed E-state index contributed by atoms with van der Waals surface area (Å²) in [6.07, 6.45) is 0. The van der Waals surface area contributed by atoms with Gasteiger partial charge in [0.1, 0.15) is 0 Å². The summed E-state index contributed by atoms with van der Waals surface area (Å²) in [5.41, 5.74) is 3.76. The molecule has 0 N–H and O–H groups in total. The molecule has 0 aromatic heterocycles. The zero-order valence-corrected chi connectivity index (χ0v) is 15.1. The van der Waals surface area contributed by atoms with Crippen LogP contribution in [0.2, 0.25) is 5.02 Å². The van der Waals surface area contributed by atoms with Gasteiger partial charge in [0.25, 0.3) is 11.8 Å². The summed E-state index contributed by atoms with van der Waals surface area (Å²) in [5.74, 6) is -0.688. The van der Waals surface area contributed by atoms with Crippen LogP contribution in [0.1, 0.15) is 16.7 Å². The predicted octanol–water partition coefficient (Wildman–Crippen LogP) is 3.45. The van der Waals surface area contributed by atoms with Crippen LogP contribution in [0.4, 0.5) is 5.69 Å². The smallest absolute Gasteiger partial charge is 0.263 e. The zero-order chi connectivity index (χ0) is 18.4. The van der Waals surface area contributed by atoms with Crippen molar-refractivity contribution in [2.75, 3.05) is 4.90 Å². The molecular formula is C19H17ClN4O2. The molecule has 132 valence electrons. The third-order valence-corrected chi connectivity index (χ3v) is 5.00. The highest BCUT2D eigenvalue weighted by Gasteiger charge is 2.54. The molecule has 2 aliphatic rings. The van der Waals surface area contributed by atoms with E-state index in [4.69, 9.17) is 11.6 Å². The number of rotatable bonds is 3. The lowest BCUT2D eigenvalue weighted by Gasteiger charge is -2.21. The van der Waals surface area contributed by atoms with Crippen LogP contribution < -0.4 is 4.90 Å². The van der Waals surface area contributed by atoms with Gasteiger partial charge in [0.2, 0.25) is 0 Å². The van der Waals surface area contributed by atoms with Crippen LogP contribution in [0.25, 0.3) is 0 Å². The molecule has 2 aromatic carbocycles. The average molecular weight is 369 g/mol. The number of anilines is 1. The van der Waals surface area contributed by atoms with Gasteiger partial charge in [-0.05, 0) is 43.2 Å².